The zero-order chi connectivity index (χ0) is 12.6. The number of aryl methyl sites for hydroxylation is 1. The Bertz CT molecular complexity index is 554. The fraction of sp³-hybridized carbons (Fsp3) is 0.273. The van der Waals surface area contributed by atoms with E-state index in [4.69, 9.17) is 16.0 Å². The Morgan fingerprint density at radius 3 is 2.59 bits per heavy atom. The van der Waals surface area contributed by atoms with E-state index in [0.717, 1.165) is 6.07 Å². The first-order valence-electron chi connectivity index (χ1n) is 4.93. The van der Waals surface area contributed by atoms with E-state index < -0.39 is 17.0 Å². The summed E-state index contributed by atoms with van der Waals surface area (Å²) in [5.41, 5.74) is -0.0128. The topological polar surface area (TPSA) is 38.9 Å². The molecule has 0 N–H and O–H groups in total. The molecule has 0 saturated heterocycles. The first kappa shape index (κ1) is 12.0. The maximum atomic E-state index is 13.8. The fourth-order valence-corrected chi connectivity index (χ4v) is 1.44. The molecule has 6 heteroatoms. The van der Waals surface area contributed by atoms with Crippen LogP contribution in [0.25, 0.3) is 11.5 Å². The largest absolute Gasteiger partial charge is 0.419 e. The molecule has 2 aromatic rings. The average Bonchev–Trinajstić information content (AvgIpc) is 2.73. The van der Waals surface area contributed by atoms with Crippen LogP contribution in [-0.4, -0.2) is 10.2 Å². The normalized spacial score (nSPS) is 12.8. The molecule has 0 aliphatic carbocycles. The summed E-state index contributed by atoms with van der Waals surface area (Å²) in [5.74, 6) is -1.53. The van der Waals surface area contributed by atoms with Crippen LogP contribution >= 0.6 is 11.6 Å². The number of halogens is 3. The van der Waals surface area contributed by atoms with E-state index >= 15 is 0 Å². The smallest absolute Gasteiger partial charge is 0.253 e. The van der Waals surface area contributed by atoms with E-state index in [0.29, 0.717) is 5.56 Å². The second kappa shape index (κ2) is 4.41. The Labute approximate surface area is 101 Å². The summed E-state index contributed by atoms with van der Waals surface area (Å²) in [5, 5.41) is 6.70. The van der Waals surface area contributed by atoms with Crippen LogP contribution in [0.5, 0.6) is 0 Å². The van der Waals surface area contributed by atoms with E-state index in [2.05, 4.69) is 10.2 Å². The lowest BCUT2D eigenvalue weighted by molar-refractivity contribution is 0.495. The van der Waals surface area contributed by atoms with Crippen LogP contribution in [-0.2, 0) is 0 Å². The molecule has 2 rings (SSSR count). The molecule has 0 amide bonds. The van der Waals surface area contributed by atoms with Gasteiger partial charge in [-0.05, 0) is 25.5 Å². The summed E-state index contributed by atoms with van der Waals surface area (Å²) in [6.45, 7) is 3.15. The maximum absolute atomic E-state index is 13.8. The first-order chi connectivity index (χ1) is 8.00. The number of hydrogen-bond donors (Lipinski definition) is 0. The molecule has 0 aliphatic heterocycles. The minimum absolute atomic E-state index is 0.127. The monoisotopic (exact) mass is 258 g/mol. The molecule has 0 fully saturated rings. The van der Waals surface area contributed by atoms with E-state index in [1.165, 1.54) is 13.0 Å². The highest BCUT2D eigenvalue weighted by molar-refractivity contribution is 6.20. The summed E-state index contributed by atoms with van der Waals surface area (Å²) in [6.07, 6.45) is 0. The molecule has 1 atom stereocenters. The summed E-state index contributed by atoms with van der Waals surface area (Å²) >= 11 is 5.73. The number of benzene rings is 1. The van der Waals surface area contributed by atoms with Gasteiger partial charge in [-0.2, -0.15) is 0 Å². The molecule has 1 aromatic heterocycles. The molecule has 0 aliphatic rings. The van der Waals surface area contributed by atoms with Crippen LogP contribution in [0, 0.1) is 18.6 Å². The average molecular weight is 259 g/mol. The van der Waals surface area contributed by atoms with E-state index in [1.54, 1.807) is 6.92 Å². The highest BCUT2D eigenvalue weighted by Gasteiger charge is 2.20. The Balaban J connectivity index is 2.56. The van der Waals surface area contributed by atoms with Crippen molar-refractivity contribution in [3.8, 4) is 11.5 Å². The molecule has 1 unspecified atom stereocenters. The van der Waals surface area contributed by atoms with Gasteiger partial charge in [0.05, 0.1) is 0 Å². The highest BCUT2D eigenvalue weighted by Crippen LogP contribution is 2.29. The Morgan fingerprint density at radius 1 is 1.29 bits per heavy atom. The van der Waals surface area contributed by atoms with Gasteiger partial charge >= 0.3 is 0 Å². The molecule has 0 spiro atoms. The van der Waals surface area contributed by atoms with Crippen LogP contribution in [0.15, 0.2) is 16.5 Å². The van der Waals surface area contributed by atoms with Crippen molar-refractivity contribution in [3.05, 3.63) is 35.2 Å². The molecule has 0 bridgehead atoms. The molecule has 0 radical (unpaired) electrons. The van der Waals surface area contributed by atoms with Gasteiger partial charge in [-0.3, -0.25) is 0 Å². The summed E-state index contributed by atoms with van der Waals surface area (Å²) < 4.78 is 32.4. The van der Waals surface area contributed by atoms with Crippen LogP contribution < -0.4 is 0 Å². The van der Waals surface area contributed by atoms with Gasteiger partial charge in [0.15, 0.2) is 0 Å². The second-order valence-electron chi connectivity index (χ2n) is 3.61. The minimum Gasteiger partial charge on any atom is -0.419 e. The van der Waals surface area contributed by atoms with Gasteiger partial charge in [0.1, 0.15) is 22.6 Å². The maximum Gasteiger partial charge on any atom is 0.253 e. The predicted octanol–water partition coefficient (Wildman–Crippen LogP) is 3.62. The number of nitrogens with zero attached hydrogens (tertiary/aromatic N) is 2. The lowest BCUT2D eigenvalue weighted by Gasteiger charge is -2.02. The van der Waals surface area contributed by atoms with Crippen molar-refractivity contribution in [2.24, 2.45) is 0 Å². The minimum atomic E-state index is -0.745. The zero-order valence-electron chi connectivity index (χ0n) is 9.17. The molecule has 1 heterocycles. The van der Waals surface area contributed by atoms with E-state index in [1.807, 2.05) is 0 Å². The van der Waals surface area contributed by atoms with Gasteiger partial charge < -0.3 is 4.42 Å². The third-order valence-corrected chi connectivity index (χ3v) is 2.47. The first-order valence-corrected chi connectivity index (χ1v) is 5.36. The van der Waals surface area contributed by atoms with Gasteiger partial charge in [-0.1, -0.05) is 6.07 Å². The van der Waals surface area contributed by atoms with Crippen molar-refractivity contribution in [2.75, 3.05) is 0 Å². The number of alkyl halides is 1. The SMILES string of the molecule is Cc1ccc(F)c(-c2nnc(C(C)Cl)o2)c1F. The molecule has 17 heavy (non-hydrogen) atoms. The molecular formula is C11H9ClF2N2O. The lowest BCUT2D eigenvalue weighted by Crippen LogP contribution is -1.93. The van der Waals surface area contributed by atoms with Crippen molar-refractivity contribution in [3.63, 3.8) is 0 Å². The molecule has 90 valence electrons. The summed E-state index contributed by atoms with van der Waals surface area (Å²) in [6, 6.07) is 2.50. The zero-order valence-corrected chi connectivity index (χ0v) is 9.92. The Hall–Kier alpha value is -1.49. The predicted molar refractivity (Wildman–Crippen MR) is 58.7 cm³/mol. The van der Waals surface area contributed by atoms with Gasteiger partial charge in [0, 0.05) is 0 Å². The number of aromatic nitrogens is 2. The molecular weight excluding hydrogens is 250 g/mol. The highest BCUT2D eigenvalue weighted by atomic mass is 35.5. The van der Waals surface area contributed by atoms with Crippen molar-refractivity contribution >= 4 is 11.6 Å². The van der Waals surface area contributed by atoms with Crippen LogP contribution in [0.4, 0.5) is 8.78 Å². The fourth-order valence-electron chi connectivity index (χ4n) is 1.35. The lowest BCUT2D eigenvalue weighted by atomic mass is 10.1. The van der Waals surface area contributed by atoms with Crippen molar-refractivity contribution in [1.29, 1.82) is 0 Å². The Morgan fingerprint density at radius 2 is 2.00 bits per heavy atom. The van der Waals surface area contributed by atoms with Crippen LogP contribution in [0.2, 0.25) is 0 Å². The van der Waals surface area contributed by atoms with E-state index in [-0.39, 0.29) is 17.3 Å². The molecule has 1 aromatic carbocycles. The van der Waals surface area contributed by atoms with Crippen molar-refractivity contribution < 1.29 is 13.2 Å². The number of rotatable bonds is 2. The van der Waals surface area contributed by atoms with Crippen LogP contribution in [0.3, 0.4) is 0 Å². The summed E-state index contributed by atoms with van der Waals surface area (Å²) in [4.78, 5) is 0. The molecule has 3 nitrogen and oxygen atoms in total. The van der Waals surface area contributed by atoms with Gasteiger partial charge in [-0.15, -0.1) is 21.8 Å². The van der Waals surface area contributed by atoms with Crippen LogP contribution in [0.1, 0.15) is 23.8 Å². The third kappa shape index (κ3) is 2.15. The van der Waals surface area contributed by atoms with Crippen molar-refractivity contribution in [2.45, 2.75) is 19.2 Å². The standard InChI is InChI=1S/C11H9ClF2N2O/c1-5-3-4-7(13)8(9(5)14)11-16-15-10(17-11)6(2)12/h3-4,6H,1-2H3. The Kier molecular flexibility index (Phi) is 3.11. The second-order valence-corrected chi connectivity index (χ2v) is 4.27. The summed E-state index contributed by atoms with van der Waals surface area (Å²) in [7, 11) is 0. The number of hydrogen-bond acceptors (Lipinski definition) is 3. The quantitative estimate of drug-likeness (QED) is 0.772. The van der Waals surface area contributed by atoms with Crippen molar-refractivity contribution in [1.82, 2.24) is 10.2 Å². The third-order valence-electron chi connectivity index (χ3n) is 2.28. The van der Waals surface area contributed by atoms with E-state index in [9.17, 15) is 8.78 Å². The molecule has 0 saturated carbocycles. The van der Waals surface area contributed by atoms with Gasteiger partial charge in [0.25, 0.3) is 5.89 Å². The van der Waals surface area contributed by atoms with Gasteiger partial charge in [0.2, 0.25) is 5.89 Å². The van der Waals surface area contributed by atoms with Gasteiger partial charge in [-0.25, -0.2) is 8.78 Å².